The van der Waals surface area contributed by atoms with Gasteiger partial charge in [0, 0.05) is 10.0 Å². The summed E-state index contributed by atoms with van der Waals surface area (Å²) in [7, 11) is 0. The minimum atomic E-state index is -4.75. The predicted octanol–water partition coefficient (Wildman–Crippen LogP) is 5.20. The molecule has 0 amide bonds. The van der Waals surface area contributed by atoms with Gasteiger partial charge in [-0.1, -0.05) is 29.3 Å². The number of halogens is 6. The molecule has 0 aliphatic carbocycles. The Morgan fingerprint density at radius 1 is 1.00 bits per heavy atom. The molecule has 0 bridgehead atoms. The number of benzene rings is 2. The fourth-order valence-electron chi connectivity index (χ4n) is 1.89. The lowest BCUT2D eigenvalue weighted by atomic mass is 9.98. The van der Waals surface area contributed by atoms with Crippen LogP contribution in [0.1, 0.15) is 22.7 Å². The van der Waals surface area contributed by atoms with Gasteiger partial charge >= 0.3 is 6.18 Å². The van der Waals surface area contributed by atoms with Gasteiger partial charge < -0.3 is 5.73 Å². The van der Waals surface area contributed by atoms with Crippen LogP contribution in [0.3, 0.4) is 0 Å². The third kappa shape index (κ3) is 3.48. The van der Waals surface area contributed by atoms with Crippen LogP contribution in [0.15, 0.2) is 36.4 Å². The molecule has 0 spiro atoms. The SMILES string of the molecule is NC(c1ccc(C(F)(F)F)c(F)c1)c1cc(Cl)ccc1Cl. The molecule has 0 heterocycles. The number of hydrogen-bond donors (Lipinski definition) is 1. The molecule has 0 radical (unpaired) electrons. The third-order valence-corrected chi connectivity index (χ3v) is 3.53. The van der Waals surface area contributed by atoms with Crippen LogP contribution in [0, 0.1) is 5.82 Å². The molecular formula is C14H9Cl2F4N. The summed E-state index contributed by atoms with van der Waals surface area (Å²) in [6.07, 6.45) is -4.75. The average molecular weight is 338 g/mol. The Kier molecular flexibility index (Phi) is 4.46. The van der Waals surface area contributed by atoms with E-state index in [-0.39, 0.29) is 5.56 Å². The molecule has 0 fully saturated rings. The number of hydrogen-bond acceptors (Lipinski definition) is 1. The Balaban J connectivity index is 2.43. The first-order chi connectivity index (χ1) is 9.70. The van der Waals surface area contributed by atoms with E-state index >= 15 is 0 Å². The Morgan fingerprint density at radius 2 is 1.67 bits per heavy atom. The number of alkyl halides is 3. The van der Waals surface area contributed by atoms with Crippen LogP contribution in [-0.4, -0.2) is 0 Å². The summed E-state index contributed by atoms with van der Waals surface area (Å²) < 4.78 is 51.1. The highest BCUT2D eigenvalue weighted by Gasteiger charge is 2.34. The van der Waals surface area contributed by atoms with Crippen LogP contribution in [0.5, 0.6) is 0 Å². The van der Waals surface area contributed by atoms with Crippen molar-refractivity contribution in [1.29, 1.82) is 0 Å². The topological polar surface area (TPSA) is 26.0 Å². The highest BCUT2D eigenvalue weighted by molar-refractivity contribution is 6.33. The van der Waals surface area contributed by atoms with E-state index in [9.17, 15) is 17.6 Å². The molecule has 2 rings (SSSR count). The van der Waals surface area contributed by atoms with Crippen molar-refractivity contribution in [1.82, 2.24) is 0 Å². The highest BCUT2D eigenvalue weighted by Crippen LogP contribution is 2.34. The van der Waals surface area contributed by atoms with Crippen molar-refractivity contribution in [2.24, 2.45) is 5.73 Å². The zero-order chi connectivity index (χ0) is 15.8. The maximum atomic E-state index is 13.6. The van der Waals surface area contributed by atoms with Crippen molar-refractivity contribution < 1.29 is 17.6 Å². The molecule has 112 valence electrons. The molecule has 7 heteroatoms. The van der Waals surface area contributed by atoms with Gasteiger partial charge in [0.1, 0.15) is 5.82 Å². The van der Waals surface area contributed by atoms with Crippen LogP contribution in [-0.2, 0) is 6.18 Å². The van der Waals surface area contributed by atoms with Gasteiger partial charge in [-0.25, -0.2) is 4.39 Å². The first kappa shape index (κ1) is 16.1. The van der Waals surface area contributed by atoms with Crippen LogP contribution in [0.2, 0.25) is 10.0 Å². The minimum Gasteiger partial charge on any atom is -0.320 e. The highest BCUT2D eigenvalue weighted by atomic mass is 35.5. The smallest absolute Gasteiger partial charge is 0.320 e. The fourth-order valence-corrected chi connectivity index (χ4v) is 2.30. The Morgan fingerprint density at radius 3 is 2.24 bits per heavy atom. The lowest BCUT2D eigenvalue weighted by molar-refractivity contribution is -0.140. The molecule has 1 unspecified atom stereocenters. The Labute approximate surface area is 128 Å². The maximum absolute atomic E-state index is 13.6. The Bertz CT molecular complexity index is 671. The standard InChI is InChI=1S/C14H9Cl2F4N/c15-8-2-4-11(16)9(6-8)13(21)7-1-3-10(12(17)5-7)14(18,19)20/h1-6,13H,21H2. The molecule has 0 saturated heterocycles. The van der Waals surface area contributed by atoms with Crippen molar-refractivity contribution in [2.45, 2.75) is 12.2 Å². The minimum absolute atomic E-state index is 0.171. The van der Waals surface area contributed by atoms with Crippen molar-refractivity contribution >= 4 is 23.2 Å². The predicted molar refractivity (Wildman–Crippen MR) is 73.9 cm³/mol. The van der Waals surface area contributed by atoms with Gasteiger partial charge in [0.25, 0.3) is 0 Å². The van der Waals surface area contributed by atoms with Gasteiger partial charge in [-0.2, -0.15) is 13.2 Å². The summed E-state index contributed by atoms with van der Waals surface area (Å²) >= 11 is 11.8. The average Bonchev–Trinajstić information content (AvgIpc) is 2.39. The molecule has 0 aromatic heterocycles. The molecule has 2 N–H and O–H groups in total. The lowest BCUT2D eigenvalue weighted by Crippen LogP contribution is -2.14. The van der Waals surface area contributed by atoms with E-state index < -0.39 is 23.6 Å². The number of rotatable bonds is 2. The Hall–Kier alpha value is -1.30. The van der Waals surface area contributed by atoms with Gasteiger partial charge in [0.15, 0.2) is 0 Å². The maximum Gasteiger partial charge on any atom is 0.419 e. The van der Waals surface area contributed by atoms with E-state index in [2.05, 4.69) is 0 Å². The van der Waals surface area contributed by atoms with E-state index in [0.717, 1.165) is 12.1 Å². The molecule has 1 nitrogen and oxygen atoms in total. The molecule has 0 aliphatic heterocycles. The molecule has 0 saturated carbocycles. The van der Waals surface area contributed by atoms with Gasteiger partial charge in [-0.15, -0.1) is 0 Å². The summed E-state index contributed by atoms with van der Waals surface area (Å²) in [4.78, 5) is 0. The molecule has 21 heavy (non-hydrogen) atoms. The van der Waals surface area contributed by atoms with Gasteiger partial charge in [-0.3, -0.25) is 0 Å². The van der Waals surface area contributed by atoms with Crippen molar-refractivity contribution in [2.75, 3.05) is 0 Å². The molecule has 0 aliphatic rings. The van der Waals surface area contributed by atoms with Crippen molar-refractivity contribution in [3.8, 4) is 0 Å². The van der Waals surface area contributed by atoms with Crippen LogP contribution >= 0.6 is 23.2 Å². The summed E-state index contributed by atoms with van der Waals surface area (Å²) in [5.74, 6) is -1.38. The van der Waals surface area contributed by atoms with Gasteiger partial charge in [0.2, 0.25) is 0 Å². The second kappa shape index (κ2) is 5.83. The monoisotopic (exact) mass is 337 g/mol. The number of nitrogens with two attached hydrogens (primary N) is 1. The second-order valence-electron chi connectivity index (χ2n) is 4.38. The van der Waals surface area contributed by atoms with E-state index in [4.69, 9.17) is 28.9 Å². The van der Waals surface area contributed by atoms with E-state index in [0.29, 0.717) is 21.7 Å². The summed E-state index contributed by atoms with van der Waals surface area (Å²) in [6.45, 7) is 0. The largest absolute Gasteiger partial charge is 0.419 e. The zero-order valence-electron chi connectivity index (χ0n) is 10.4. The van der Waals surface area contributed by atoms with Crippen molar-refractivity contribution in [3.05, 3.63) is 69.0 Å². The van der Waals surface area contributed by atoms with Crippen LogP contribution in [0.4, 0.5) is 17.6 Å². The van der Waals surface area contributed by atoms with Crippen LogP contribution < -0.4 is 5.73 Å². The first-order valence-electron chi connectivity index (χ1n) is 5.77. The second-order valence-corrected chi connectivity index (χ2v) is 5.22. The first-order valence-corrected chi connectivity index (χ1v) is 6.53. The van der Waals surface area contributed by atoms with E-state index in [1.54, 1.807) is 6.07 Å². The lowest BCUT2D eigenvalue weighted by Gasteiger charge is -2.16. The fraction of sp³-hybridized carbons (Fsp3) is 0.143. The van der Waals surface area contributed by atoms with E-state index in [1.165, 1.54) is 12.1 Å². The molecule has 1 atom stereocenters. The van der Waals surface area contributed by atoms with Gasteiger partial charge in [-0.05, 0) is 41.5 Å². The van der Waals surface area contributed by atoms with E-state index in [1.807, 2.05) is 0 Å². The molecule has 2 aromatic rings. The molecular weight excluding hydrogens is 329 g/mol. The zero-order valence-corrected chi connectivity index (χ0v) is 11.9. The molecule has 2 aromatic carbocycles. The quantitative estimate of drug-likeness (QED) is 0.749. The van der Waals surface area contributed by atoms with Crippen LogP contribution in [0.25, 0.3) is 0 Å². The summed E-state index contributed by atoms with van der Waals surface area (Å²) in [6, 6.07) is 6.20. The summed E-state index contributed by atoms with van der Waals surface area (Å²) in [5.41, 5.74) is 5.16. The summed E-state index contributed by atoms with van der Waals surface area (Å²) in [5, 5.41) is 0.671. The van der Waals surface area contributed by atoms with Gasteiger partial charge in [0.05, 0.1) is 11.6 Å². The van der Waals surface area contributed by atoms with Crippen molar-refractivity contribution in [3.63, 3.8) is 0 Å². The normalized spacial score (nSPS) is 13.3. The third-order valence-electron chi connectivity index (χ3n) is 2.95.